The third-order valence-electron chi connectivity index (χ3n) is 2.86. The number of urea groups is 1. The molecule has 2 N–H and O–H groups in total. The van der Waals surface area contributed by atoms with Gasteiger partial charge in [-0.3, -0.25) is 4.79 Å². The Morgan fingerprint density at radius 1 is 1.47 bits per heavy atom. The summed E-state index contributed by atoms with van der Waals surface area (Å²) < 4.78 is 0. The van der Waals surface area contributed by atoms with Gasteiger partial charge in [0, 0.05) is 18.0 Å². The molecule has 106 valence electrons. The predicted molar refractivity (Wildman–Crippen MR) is 75.2 cm³/mol. The summed E-state index contributed by atoms with van der Waals surface area (Å²) in [6, 6.07) is 3.69. The van der Waals surface area contributed by atoms with Gasteiger partial charge < -0.3 is 15.3 Å². The van der Waals surface area contributed by atoms with Crippen LogP contribution in [0.25, 0.3) is 0 Å². The Hall–Kier alpha value is -1.56. The average molecular weight is 284 g/mol. The molecule has 6 heteroatoms. The molecule has 2 amide bonds. The summed E-state index contributed by atoms with van der Waals surface area (Å²) in [5, 5.41) is 13.6. The van der Waals surface area contributed by atoms with Crippen LogP contribution in [-0.4, -0.2) is 35.1 Å². The van der Waals surface area contributed by atoms with Crippen molar-refractivity contribution in [1.82, 2.24) is 10.2 Å². The fourth-order valence-electron chi connectivity index (χ4n) is 1.40. The number of hydrogen-bond donors (Lipinski definition) is 2. The molecule has 1 aromatic rings. The molecule has 1 rings (SSSR count). The maximum absolute atomic E-state index is 12.0. The van der Waals surface area contributed by atoms with Gasteiger partial charge in [-0.15, -0.1) is 11.3 Å². The lowest BCUT2D eigenvalue weighted by molar-refractivity contribution is -0.146. The Bertz CT molecular complexity index is 429. The molecular formula is C13H20N2O3S. The van der Waals surface area contributed by atoms with Crippen LogP contribution in [0, 0.1) is 5.41 Å². The number of hydrogen-bond acceptors (Lipinski definition) is 3. The van der Waals surface area contributed by atoms with Gasteiger partial charge in [0.2, 0.25) is 0 Å². The van der Waals surface area contributed by atoms with Gasteiger partial charge in [-0.2, -0.15) is 0 Å². The summed E-state index contributed by atoms with van der Waals surface area (Å²) >= 11 is 1.60. The van der Waals surface area contributed by atoms with E-state index >= 15 is 0 Å². The molecule has 0 saturated carbocycles. The highest BCUT2D eigenvalue weighted by atomic mass is 32.1. The first kappa shape index (κ1) is 15.5. The average Bonchev–Trinajstić information content (AvgIpc) is 2.85. The van der Waals surface area contributed by atoms with Crippen molar-refractivity contribution in [2.75, 3.05) is 13.1 Å². The topological polar surface area (TPSA) is 69.6 Å². The molecule has 1 heterocycles. The van der Waals surface area contributed by atoms with E-state index < -0.39 is 11.4 Å². The lowest BCUT2D eigenvalue weighted by atomic mass is 9.94. The second kappa shape index (κ2) is 6.56. The maximum atomic E-state index is 12.0. The summed E-state index contributed by atoms with van der Waals surface area (Å²) in [7, 11) is 0. The number of carboxylic acids is 1. The summed E-state index contributed by atoms with van der Waals surface area (Å²) in [6.45, 7) is 6.32. The molecule has 0 aliphatic rings. The van der Waals surface area contributed by atoms with Crippen LogP contribution >= 0.6 is 11.3 Å². The maximum Gasteiger partial charge on any atom is 0.317 e. The number of nitrogens with one attached hydrogen (secondary N) is 1. The SMILES string of the molecule is CCN(Cc1cccs1)C(=O)NCC(C)(C)C(=O)O. The van der Waals surface area contributed by atoms with Crippen LogP contribution in [0.1, 0.15) is 25.6 Å². The fraction of sp³-hybridized carbons (Fsp3) is 0.538. The summed E-state index contributed by atoms with van der Waals surface area (Å²) in [4.78, 5) is 25.7. The molecule has 0 aliphatic carbocycles. The van der Waals surface area contributed by atoms with Gasteiger partial charge in [0.1, 0.15) is 0 Å². The van der Waals surface area contributed by atoms with Crippen LogP contribution in [0.15, 0.2) is 17.5 Å². The van der Waals surface area contributed by atoms with Gasteiger partial charge in [0.15, 0.2) is 0 Å². The number of carboxylic acid groups (broad SMARTS) is 1. The van der Waals surface area contributed by atoms with Gasteiger partial charge in [-0.05, 0) is 32.2 Å². The van der Waals surface area contributed by atoms with E-state index in [2.05, 4.69) is 5.32 Å². The molecule has 1 aromatic heterocycles. The van der Waals surface area contributed by atoms with Crippen molar-refractivity contribution in [1.29, 1.82) is 0 Å². The Morgan fingerprint density at radius 2 is 2.16 bits per heavy atom. The first-order valence-electron chi connectivity index (χ1n) is 6.15. The Kier molecular flexibility index (Phi) is 5.35. The van der Waals surface area contributed by atoms with E-state index in [-0.39, 0.29) is 12.6 Å². The third-order valence-corrected chi connectivity index (χ3v) is 3.72. The van der Waals surface area contributed by atoms with Crippen molar-refractivity contribution in [3.05, 3.63) is 22.4 Å². The molecule has 0 fully saturated rings. The Morgan fingerprint density at radius 3 is 2.63 bits per heavy atom. The normalized spacial score (nSPS) is 11.1. The molecule has 0 unspecified atom stereocenters. The summed E-state index contributed by atoms with van der Waals surface area (Å²) in [5.41, 5.74) is -0.960. The number of rotatable bonds is 6. The highest BCUT2D eigenvalue weighted by Gasteiger charge is 2.28. The number of amides is 2. The molecule has 0 aromatic carbocycles. The quantitative estimate of drug-likeness (QED) is 0.842. The van der Waals surface area contributed by atoms with Crippen molar-refractivity contribution in [2.45, 2.75) is 27.3 Å². The third kappa shape index (κ3) is 4.55. The van der Waals surface area contributed by atoms with Crippen molar-refractivity contribution >= 4 is 23.3 Å². The van der Waals surface area contributed by atoms with Crippen molar-refractivity contribution in [3.8, 4) is 0 Å². The number of thiophene rings is 1. The molecule has 0 bridgehead atoms. The van der Waals surface area contributed by atoms with Crippen LogP contribution in [0.3, 0.4) is 0 Å². The zero-order valence-corrected chi connectivity index (χ0v) is 12.3. The number of nitrogens with zero attached hydrogens (tertiary/aromatic N) is 1. The highest BCUT2D eigenvalue weighted by molar-refractivity contribution is 7.09. The molecule has 0 atom stereocenters. The van der Waals surface area contributed by atoms with Gasteiger partial charge in [-0.1, -0.05) is 6.07 Å². The van der Waals surface area contributed by atoms with E-state index in [0.29, 0.717) is 13.1 Å². The van der Waals surface area contributed by atoms with Crippen LogP contribution < -0.4 is 5.32 Å². The molecule has 0 saturated heterocycles. The van der Waals surface area contributed by atoms with E-state index in [1.54, 1.807) is 30.1 Å². The minimum atomic E-state index is -0.960. The molecule has 0 aliphatic heterocycles. The van der Waals surface area contributed by atoms with Gasteiger partial charge >= 0.3 is 12.0 Å². The van der Waals surface area contributed by atoms with Gasteiger partial charge in [-0.25, -0.2) is 4.79 Å². The first-order chi connectivity index (χ1) is 8.86. The number of carbonyl (C=O) groups excluding carboxylic acids is 1. The van der Waals surface area contributed by atoms with Crippen LogP contribution in [0.4, 0.5) is 4.79 Å². The Labute approximate surface area is 117 Å². The minimum absolute atomic E-state index is 0.113. The van der Waals surface area contributed by atoms with Crippen LogP contribution in [0.2, 0.25) is 0 Å². The molecule has 0 radical (unpaired) electrons. The van der Waals surface area contributed by atoms with Crippen LogP contribution in [-0.2, 0) is 11.3 Å². The zero-order chi connectivity index (χ0) is 14.5. The van der Waals surface area contributed by atoms with Crippen molar-refractivity contribution < 1.29 is 14.7 Å². The minimum Gasteiger partial charge on any atom is -0.481 e. The summed E-state index contributed by atoms with van der Waals surface area (Å²) in [6.07, 6.45) is 0. The van der Waals surface area contributed by atoms with E-state index in [9.17, 15) is 9.59 Å². The smallest absolute Gasteiger partial charge is 0.317 e. The van der Waals surface area contributed by atoms with Crippen molar-refractivity contribution in [3.63, 3.8) is 0 Å². The largest absolute Gasteiger partial charge is 0.481 e. The number of aliphatic carboxylic acids is 1. The van der Waals surface area contributed by atoms with Crippen LogP contribution in [0.5, 0.6) is 0 Å². The van der Waals surface area contributed by atoms with E-state index in [0.717, 1.165) is 4.88 Å². The molecular weight excluding hydrogens is 264 g/mol. The van der Waals surface area contributed by atoms with E-state index in [1.807, 2.05) is 24.4 Å². The second-order valence-electron chi connectivity index (χ2n) is 4.94. The van der Waals surface area contributed by atoms with Crippen molar-refractivity contribution in [2.24, 2.45) is 5.41 Å². The second-order valence-corrected chi connectivity index (χ2v) is 5.97. The predicted octanol–water partition coefficient (Wildman–Crippen LogP) is 2.39. The monoisotopic (exact) mass is 284 g/mol. The molecule has 5 nitrogen and oxygen atoms in total. The highest BCUT2D eigenvalue weighted by Crippen LogP contribution is 2.14. The summed E-state index contributed by atoms with van der Waals surface area (Å²) in [5.74, 6) is -0.922. The zero-order valence-electron chi connectivity index (χ0n) is 11.5. The van der Waals surface area contributed by atoms with E-state index in [1.165, 1.54) is 0 Å². The lowest BCUT2D eigenvalue weighted by Gasteiger charge is -2.24. The standard InChI is InChI=1S/C13H20N2O3S/c1-4-15(8-10-6-5-7-19-10)12(18)14-9-13(2,3)11(16)17/h5-7H,4,8-9H2,1-3H3,(H,14,18)(H,16,17). The number of carbonyl (C=O) groups is 2. The van der Waals surface area contributed by atoms with E-state index in [4.69, 9.17) is 5.11 Å². The van der Waals surface area contributed by atoms with Gasteiger partial charge in [0.25, 0.3) is 0 Å². The Balaban J connectivity index is 2.53. The van der Waals surface area contributed by atoms with Gasteiger partial charge in [0.05, 0.1) is 12.0 Å². The molecule has 19 heavy (non-hydrogen) atoms. The lowest BCUT2D eigenvalue weighted by Crippen LogP contribution is -2.45. The fourth-order valence-corrected chi connectivity index (χ4v) is 2.12. The molecule has 0 spiro atoms. The first-order valence-corrected chi connectivity index (χ1v) is 7.03.